The Bertz CT molecular complexity index is 315. The van der Waals surface area contributed by atoms with Crippen LogP contribution in [0.15, 0.2) is 22.7 Å². The molecule has 0 bridgehead atoms. The van der Waals surface area contributed by atoms with E-state index in [4.69, 9.17) is 0 Å². The molecule has 0 heterocycles. The Morgan fingerprint density at radius 1 is 1.21 bits per heavy atom. The molecule has 0 saturated carbocycles. The van der Waals surface area contributed by atoms with Crippen molar-refractivity contribution in [1.29, 1.82) is 0 Å². The van der Waals surface area contributed by atoms with Crippen molar-refractivity contribution < 1.29 is 68.7 Å². The molecule has 1 aromatic carbocycles. The first-order valence-electron chi connectivity index (χ1n) is 3.53. The van der Waals surface area contributed by atoms with E-state index in [1.807, 2.05) is 0 Å². The molecule has 7 heteroatoms. The van der Waals surface area contributed by atoms with Gasteiger partial charge in [-0.05, 0) is 17.7 Å². The van der Waals surface area contributed by atoms with Gasteiger partial charge in [-0.1, -0.05) is 28.3 Å². The molecule has 14 heavy (non-hydrogen) atoms. The van der Waals surface area contributed by atoms with Gasteiger partial charge in [-0.15, -0.1) is 0 Å². The predicted octanol–water partition coefficient (Wildman–Crippen LogP) is 0.521. The minimum absolute atomic E-state index is 0. The van der Waals surface area contributed by atoms with E-state index in [2.05, 4.69) is 15.9 Å². The van der Waals surface area contributed by atoms with Crippen LogP contribution in [-0.2, 0) is 6.32 Å². The third kappa shape index (κ3) is 5.27. The molecule has 0 amide bonds. The van der Waals surface area contributed by atoms with Gasteiger partial charge in [0.25, 0.3) is 0 Å². The van der Waals surface area contributed by atoms with E-state index in [0.717, 1.165) is 12.1 Å². The summed E-state index contributed by atoms with van der Waals surface area (Å²) < 4.78 is 49.0. The SMILES string of the molecule is Fc1cc(Br)ccc1C[B-](F)(F)F.[K+]. The smallest absolute Gasteiger partial charge is 0.449 e. The predicted molar refractivity (Wildman–Crippen MR) is 46.9 cm³/mol. The molecule has 0 nitrogen and oxygen atoms in total. The molecule has 0 unspecified atom stereocenters. The Hall–Kier alpha value is 1.12. The van der Waals surface area contributed by atoms with Crippen molar-refractivity contribution in [2.24, 2.45) is 0 Å². The van der Waals surface area contributed by atoms with E-state index in [9.17, 15) is 17.3 Å². The first-order chi connectivity index (χ1) is 5.88. The van der Waals surface area contributed by atoms with E-state index in [1.165, 1.54) is 6.07 Å². The molecule has 0 aliphatic heterocycles. The molecule has 0 fully saturated rings. The summed E-state index contributed by atoms with van der Waals surface area (Å²) in [7, 11) is 0. The minimum atomic E-state index is -4.97. The average Bonchev–Trinajstić information content (AvgIpc) is 1.93. The molecular formula is C7H5BBrF4K. The molecule has 0 aliphatic rings. The van der Waals surface area contributed by atoms with Gasteiger partial charge < -0.3 is 12.9 Å². The number of halogens is 5. The number of benzene rings is 1. The summed E-state index contributed by atoms with van der Waals surface area (Å²) in [5.41, 5.74) is -0.310. The summed E-state index contributed by atoms with van der Waals surface area (Å²) in [6, 6.07) is 3.55. The van der Waals surface area contributed by atoms with Crippen LogP contribution in [0.25, 0.3) is 0 Å². The zero-order valence-corrected chi connectivity index (χ0v) is 12.1. The zero-order valence-electron chi connectivity index (χ0n) is 7.41. The van der Waals surface area contributed by atoms with Crippen LogP contribution in [0.3, 0.4) is 0 Å². The van der Waals surface area contributed by atoms with Crippen LogP contribution in [-0.4, -0.2) is 6.98 Å². The van der Waals surface area contributed by atoms with Crippen LogP contribution in [0.4, 0.5) is 17.3 Å². The number of rotatable bonds is 2. The molecule has 0 radical (unpaired) electrons. The Balaban J connectivity index is 0.00000169. The maximum Gasteiger partial charge on any atom is 1.00 e. The van der Waals surface area contributed by atoms with Crippen LogP contribution in [0.2, 0.25) is 0 Å². The molecule has 0 N–H and O–H groups in total. The van der Waals surface area contributed by atoms with Gasteiger partial charge in [0.15, 0.2) is 0 Å². The topological polar surface area (TPSA) is 0 Å². The Morgan fingerprint density at radius 3 is 2.21 bits per heavy atom. The fraction of sp³-hybridized carbons (Fsp3) is 0.143. The fourth-order valence-corrected chi connectivity index (χ4v) is 1.27. The monoisotopic (exact) mass is 294 g/mol. The summed E-state index contributed by atoms with van der Waals surface area (Å²) >= 11 is 2.96. The van der Waals surface area contributed by atoms with Crippen LogP contribution in [0.1, 0.15) is 5.56 Å². The molecule has 72 valence electrons. The van der Waals surface area contributed by atoms with Gasteiger partial charge >= 0.3 is 58.4 Å². The number of hydrogen-bond acceptors (Lipinski definition) is 0. The maximum atomic E-state index is 12.9. The van der Waals surface area contributed by atoms with Gasteiger partial charge in [-0.25, -0.2) is 4.39 Å². The normalized spacial score (nSPS) is 10.9. The summed E-state index contributed by atoms with van der Waals surface area (Å²) in [4.78, 5) is 0. The van der Waals surface area contributed by atoms with E-state index < -0.39 is 19.1 Å². The van der Waals surface area contributed by atoms with Crippen LogP contribution < -0.4 is 51.4 Å². The second kappa shape index (κ2) is 6.01. The van der Waals surface area contributed by atoms with E-state index >= 15 is 0 Å². The molecule has 1 aromatic rings. The third-order valence-corrected chi connectivity index (χ3v) is 1.96. The fourth-order valence-electron chi connectivity index (χ4n) is 0.937. The molecule has 0 aliphatic carbocycles. The standard InChI is InChI=1S/C7H5BBrF4.K/c9-6-2-1-5(7(10)3-6)4-8(11,12)13;/h1-3H,4H2;/q-1;+1. The van der Waals surface area contributed by atoms with E-state index in [-0.39, 0.29) is 56.9 Å². The van der Waals surface area contributed by atoms with Crippen LogP contribution in [0, 0.1) is 5.82 Å². The molecule has 0 saturated heterocycles. The van der Waals surface area contributed by atoms with E-state index in [1.54, 1.807) is 0 Å². The van der Waals surface area contributed by atoms with Crippen molar-refractivity contribution in [3.8, 4) is 0 Å². The van der Waals surface area contributed by atoms with Crippen LogP contribution in [0.5, 0.6) is 0 Å². The molecule has 0 atom stereocenters. The van der Waals surface area contributed by atoms with Gasteiger partial charge in [-0.3, -0.25) is 0 Å². The molecule has 1 rings (SSSR count). The second-order valence-electron chi connectivity index (χ2n) is 2.65. The van der Waals surface area contributed by atoms with Crippen molar-refractivity contribution in [2.75, 3.05) is 0 Å². The quantitative estimate of drug-likeness (QED) is 0.551. The summed E-state index contributed by atoms with van der Waals surface area (Å²) in [6.07, 6.45) is -1.17. The van der Waals surface area contributed by atoms with Gasteiger partial charge in [0.05, 0.1) is 0 Å². The Labute approximate surface area is 130 Å². The van der Waals surface area contributed by atoms with Gasteiger partial charge in [0.1, 0.15) is 5.82 Å². The summed E-state index contributed by atoms with van der Waals surface area (Å²) in [5, 5.41) is 0. The molecular weight excluding hydrogens is 290 g/mol. The maximum absolute atomic E-state index is 12.9. The number of hydrogen-bond donors (Lipinski definition) is 0. The molecule has 0 spiro atoms. The average molecular weight is 295 g/mol. The Kier molecular flexibility index (Phi) is 6.49. The van der Waals surface area contributed by atoms with Crippen molar-refractivity contribution >= 4 is 22.9 Å². The summed E-state index contributed by atoms with van der Waals surface area (Å²) in [5.74, 6) is -0.825. The minimum Gasteiger partial charge on any atom is -0.449 e. The van der Waals surface area contributed by atoms with Crippen molar-refractivity contribution in [1.82, 2.24) is 0 Å². The second-order valence-corrected chi connectivity index (χ2v) is 3.57. The first-order valence-corrected chi connectivity index (χ1v) is 4.33. The summed E-state index contributed by atoms with van der Waals surface area (Å²) in [6.45, 7) is -4.97. The van der Waals surface area contributed by atoms with E-state index in [0.29, 0.717) is 4.47 Å². The third-order valence-electron chi connectivity index (χ3n) is 1.47. The van der Waals surface area contributed by atoms with Gasteiger partial charge in [-0.2, -0.15) is 0 Å². The zero-order chi connectivity index (χ0) is 10.1. The van der Waals surface area contributed by atoms with Crippen molar-refractivity contribution in [3.05, 3.63) is 34.1 Å². The van der Waals surface area contributed by atoms with Crippen molar-refractivity contribution in [2.45, 2.75) is 6.32 Å². The van der Waals surface area contributed by atoms with Gasteiger partial charge in [0, 0.05) is 4.47 Å². The largest absolute Gasteiger partial charge is 1.00 e. The van der Waals surface area contributed by atoms with Crippen LogP contribution >= 0.6 is 15.9 Å². The first kappa shape index (κ1) is 15.1. The molecule has 0 aromatic heterocycles. The van der Waals surface area contributed by atoms with Crippen molar-refractivity contribution in [3.63, 3.8) is 0 Å². The Morgan fingerprint density at radius 2 is 1.79 bits per heavy atom. The van der Waals surface area contributed by atoms with Gasteiger partial charge in [0.2, 0.25) is 0 Å².